The van der Waals surface area contributed by atoms with Crippen LogP contribution in [-0.2, 0) is 65.3 Å². The van der Waals surface area contributed by atoms with Gasteiger partial charge in [0, 0.05) is 18.9 Å². The van der Waals surface area contributed by atoms with Crippen LogP contribution in [0.5, 0.6) is 0 Å². The van der Waals surface area contributed by atoms with E-state index in [4.69, 9.17) is 42.6 Å². The van der Waals surface area contributed by atoms with E-state index in [2.05, 4.69) is 24.2 Å². The molecule has 15 nitrogen and oxygen atoms in total. The van der Waals surface area contributed by atoms with Crippen molar-refractivity contribution in [3.63, 3.8) is 0 Å². The van der Waals surface area contributed by atoms with Crippen LogP contribution in [0, 0.1) is 17.8 Å². The maximum absolute atomic E-state index is 12.5. The van der Waals surface area contributed by atoms with Crippen LogP contribution in [-0.4, -0.2) is 151 Å². The lowest BCUT2D eigenvalue weighted by Crippen LogP contribution is -2.31. The highest BCUT2D eigenvalue weighted by molar-refractivity contribution is 6.03. The number of carbonyl (C=O) groups excluding carboxylic acids is 2. The van der Waals surface area contributed by atoms with Crippen LogP contribution in [0.1, 0.15) is 46.2 Å². The van der Waals surface area contributed by atoms with Gasteiger partial charge >= 0.3 is 0 Å². The molecule has 0 spiro atoms. The molecular formula is C33H60N4O11. The molecule has 278 valence electrons. The summed E-state index contributed by atoms with van der Waals surface area (Å²) in [6.45, 7) is 18.3. The molecule has 0 saturated carbocycles. The second-order valence-electron chi connectivity index (χ2n) is 12.0. The smallest absolute Gasteiger partial charge is 0.233 e. The number of imide groups is 1. The number of nitrogens with zero attached hydrogens (tertiary/aromatic N) is 4. The number of ether oxygens (including phenoxy) is 9. The molecule has 1 aliphatic heterocycles. The number of hydrogen-bond donors (Lipinski definition) is 0. The van der Waals surface area contributed by atoms with Gasteiger partial charge in [-0.3, -0.25) is 14.5 Å². The Balaban J connectivity index is 1.25. The Kier molecular flexibility index (Phi) is 24.3. The topological polar surface area (TPSA) is 151 Å². The van der Waals surface area contributed by atoms with E-state index in [1.165, 1.54) is 4.90 Å². The van der Waals surface area contributed by atoms with E-state index in [1.54, 1.807) is 10.9 Å². The van der Waals surface area contributed by atoms with Gasteiger partial charge < -0.3 is 42.6 Å². The second-order valence-corrected chi connectivity index (χ2v) is 12.0. The predicted octanol–water partition coefficient (Wildman–Crippen LogP) is 2.00. The molecule has 0 aliphatic carbocycles. The largest absolute Gasteiger partial charge is 0.379 e. The molecular weight excluding hydrogens is 628 g/mol. The van der Waals surface area contributed by atoms with Crippen molar-refractivity contribution in [3.8, 4) is 0 Å². The Morgan fingerprint density at radius 2 is 1.02 bits per heavy atom. The summed E-state index contributed by atoms with van der Waals surface area (Å²) in [5.41, 5.74) is 0.578. The third kappa shape index (κ3) is 20.4. The highest BCUT2D eigenvalue weighted by Crippen LogP contribution is 2.27. The third-order valence-electron chi connectivity index (χ3n) is 7.27. The molecule has 2 amide bonds. The van der Waals surface area contributed by atoms with Crippen LogP contribution >= 0.6 is 0 Å². The summed E-state index contributed by atoms with van der Waals surface area (Å²) in [5, 5.41) is 8.14. The van der Waals surface area contributed by atoms with Crippen molar-refractivity contribution in [1.82, 2.24) is 19.9 Å². The molecule has 15 heteroatoms. The summed E-state index contributed by atoms with van der Waals surface area (Å²) in [7, 11) is 0. The number of amides is 2. The van der Waals surface area contributed by atoms with Gasteiger partial charge in [0.25, 0.3) is 0 Å². The quantitative estimate of drug-likeness (QED) is 0.0783. The summed E-state index contributed by atoms with van der Waals surface area (Å²) in [4.78, 5) is 26.0. The van der Waals surface area contributed by atoms with Crippen LogP contribution in [0.15, 0.2) is 6.20 Å². The van der Waals surface area contributed by atoms with E-state index in [9.17, 15) is 9.59 Å². The number of carbonyl (C=O) groups is 2. The van der Waals surface area contributed by atoms with Gasteiger partial charge in [0.2, 0.25) is 11.8 Å². The van der Waals surface area contributed by atoms with Crippen molar-refractivity contribution in [1.29, 1.82) is 0 Å². The van der Waals surface area contributed by atoms with Gasteiger partial charge in [-0.25, -0.2) is 4.68 Å². The van der Waals surface area contributed by atoms with E-state index >= 15 is 0 Å². The third-order valence-corrected chi connectivity index (χ3v) is 7.27. The van der Waals surface area contributed by atoms with Crippen LogP contribution in [0.2, 0.25) is 0 Å². The number of rotatable bonds is 33. The second kappa shape index (κ2) is 27.7. The summed E-state index contributed by atoms with van der Waals surface area (Å²) >= 11 is 0. The van der Waals surface area contributed by atoms with Crippen molar-refractivity contribution < 1.29 is 52.2 Å². The van der Waals surface area contributed by atoms with Gasteiger partial charge in [-0.2, -0.15) is 0 Å². The highest BCUT2D eigenvalue weighted by atomic mass is 16.6. The molecule has 1 aromatic heterocycles. The Morgan fingerprint density at radius 1 is 0.625 bits per heavy atom. The van der Waals surface area contributed by atoms with Gasteiger partial charge in [-0.15, -0.1) is 5.10 Å². The Bertz CT molecular complexity index is 950. The first-order valence-electron chi connectivity index (χ1n) is 17.3. The lowest BCUT2D eigenvalue weighted by atomic mass is 9.94. The molecule has 2 rings (SSSR count). The van der Waals surface area contributed by atoms with Crippen LogP contribution < -0.4 is 0 Å². The molecule has 2 heterocycles. The van der Waals surface area contributed by atoms with Crippen molar-refractivity contribution in [3.05, 3.63) is 11.9 Å². The van der Waals surface area contributed by atoms with Crippen molar-refractivity contribution in [2.75, 3.05) is 119 Å². The maximum atomic E-state index is 12.5. The number of aromatic nitrogens is 3. The first-order chi connectivity index (χ1) is 23.4. The molecule has 1 saturated heterocycles. The van der Waals surface area contributed by atoms with Crippen molar-refractivity contribution in [2.24, 2.45) is 17.8 Å². The predicted molar refractivity (Wildman–Crippen MR) is 175 cm³/mol. The summed E-state index contributed by atoms with van der Waals surface area (Å²) in [6, 6.07) is 0. The van der Waals surface area contributed by atoms with E-state index in [-0.39, 0.29) is 36.6 Å². The Labute approximate surface area is 286 Å². The van der Waals surface area contributed by atoms with Crippen LogP contribution in [0.3, 0.4) is 0 Å². The summed E-state index contributed by atoms with van der Waals surface area (Å²) < 4.78 is 51.1. The van der Waals surface area contributed by atoms with Crippen molar-refractivity contribution >= 4 is 11.8 Å². The molecule has 0 aromatic carbocycles. The van der Waals surface area contributed by atoms with E-state index in [0.29, 0.717) is 130 Å². The Morgan fingerprint density at radius 3 is 1.40 bits per heavy atom. The zero-order chi connectivity index (χ0) is 34.7. The SMILES string of the molecule is CC(C)CCOCCOCCOCCOCCOCCOCCOCCOCCOCCn1cc(CN2C(=O)CC(C(C)C)C2=O)nn1. The summed E-state index contributed by atoms with van der Waals surface area (Å²) in [5.74, 6) is 0.266. The average Bonchev–Trinajstić information content (AvgIpc) is 3.63. The first-order valence-corrected chi connectivity index (χ1v) is 17.3. The van der Waals surface area contributed by atoms with Gasteiger partial charge in [0.05, 0.1) is 132 Å². The first kappa shape index (κ1) is 42.1. The molecule has 1 atom stereocenters. The molecule has 1 fully saturated rings. The van der Waals surface area contributed by atoms with E-state index in [0.717, 1.165) is 13.0 Å². The standard InChI is InChI=1S/C33H60N4O11/c1-28(2)5-7-40-9-11-42-13-15-44-17-19-46-21-23-48-24-22-47-20-18-45-16-14-43-12-10-41-8-6-36-26-30(34-35-36)27-37-32(38)25-31(29(3)4)33(37)39/h26,28-29,31H,5-25,27H2,1-4H3. The lowest BCUT2D eigenvalue weighted by molar-refractivity contribution is -0.140. The number of hydrogen-bond acceptors (Lipinski definition) is 13. The minimum absolute atomic E-state index is 0.128. The molecule has 0 N–H and O–H groups in total. The van der Waals surface area contributed by atoms with Crippen molar-refractivity contribution in [2.45, 2.75) is 53.6 Å². The molecule has 0 radical (unpaired) electrons. The van der Waals surface area contributed by atoms with Crippen LogP contribution in [0.25, 0.3) is 0 Å². The highest BCUT2D eigenvalue weighted by Gasteiger charge is 2.40. The van der Waals surface area contributed by atoms with Gasteiger partial charge in [0.1, 0.15) is 5.69 Å². The molecule has 48 heavy (non-hydrogen) atoms. The fourth-order valence-corrected chi connectivity index (χ4v) is 4.42. The molecule has 1 aliphatic rings. The van der Waals surface area contributed by atoms with Gasteiger partial charge in [-0.05, 0) is 18.3 Å². The average molecular weight is 689 g/mol. The molecule has 1 aromatic rings. The molecule has 1 unspecified atom stereocenters. The van der Waals surface area contributed by atoms with Crippen LogP contribution in [0.4, 0.5) is 0 Å². The molecule has 0 bridgehead atoms. The monoisotopic (exact) mass is 688 g/mol. The fraction of sp³-hybridized carbons (Fsp3) is 0.879. The van der Waals surface area contributed by atoms with E-state index < -0.39 is 0 Å². The summed E-state index contributed by atoms with van der Waals surface area (Å²) in [6.07, 6.45) is 3.07. The lowest BCUT2D eigenvalue weighted by Gasteiger charge is -2.14. The normalized spacial score (nSPS) is 15.2. The van der Waals surface area contributed by atoms with Gasteiger partial charge in [-0.1, -0.05) is 32.9 Å². The van der Waals surface area contributed by atoms with Gasteiger partial charge in [0.15, 0.2) is 0 Å². The Hall–Kier alpha value is -2.08. The van der Waals surface area contributed by atoms with E-state index in [1.807, 2.05) is 13.8 Å². The minimum Gasteiger partial charge on any atom is -0.379 e. The zero-order valence-electron chi connectivity index (χ0n) is 29.6. The zero-order valence-corrected chi connectivity index (χ0v) is 29.6. The number of likely N-dealkylation sites (tertiary alicyclic amines) is 1. The maximum Gasteiger partial charge on any atom is 0.233 e. The fourth-order valence-electron chi connectivity index (χ4n) is 4.42. The minimum atomic E-state index is -0.248.